The molecule has 1 aromatic rings. The Kier molecular flexibility index (Phi) is 5.15. The SMILES string of the molecule is CCC(C)(C)Oc1cc(CNC)cc(C(C)C)n1. The summed E-state index contributed by atoms with van der Waals surface area (Å²) in [6.07, 6.45) is 0.960. The molecule has 0 saturated heterocycles. The van der Waals surface area contributed by atoms with Crippen molar-refractivity contribution < 1.29 is 4.74 Å². The maximum atomic E-state index is 5.99. The van der Waals surface area contributed by atoms with Crippen LogP contribution in [-0.2, 0) is 6.54 Å². The lowest BCUT2D eigenvalue weighted by molar-refractivity contribution is 0.0985. The first-order valence-electron chi connectivity index (χ1n) is 6.72. The topological polar surface area (TPSA) is 34.1 Å². The average Bonchev–Trinajstić information content (AvgIpc) is 2.28. The Bertz CT molecular complexity index is 386. The smallest absolute Gasteiger partial charge is 0.214 e. The van der Waals surface area contributed by atoms with E-state index < -0.39 is 0 Å². The molecule has 3 heteroatoms. The summed E-state index contributed by atoms with van der Waals surface area (Å²) in [4.78, 5) is 4.60. The molecule has 0 aliphatic rings. The van der Waals surface area contributed by atoms with Gasteiger partial charge in [-0.1, -0.05) is 20.8 Å². The number of nitrogens with one attached hydrogen (secondary N) is 1. The number of hydrogen-bond acceptors (Lipinski definition) is 3. The van der Waals surface area contributed by atoms with Gasteiger partial charge in [0, 0.05) is 18.3 Å². The minimum atomic E-state index is -0.167. The summed E-state index contributed by atoms with van der Waals surface area (Å²) >= 11 is 0. The van der Waals surface area contributed by atoms with E-state index in [2.05, 4.69) is 51.0 Å². The molecular weight excluding hydrogens is 224 g/mol. The minimum absolute atomic E-state index is 0.167. The molecule has 1 N–H and O–H groups in total. The molecule has 0 atom stereocenters. The fraction of sp³-hybridized carbons (Fsp3) is 0.667. The third-order valence-electron chi connectivity index (χ3n) is 3.09. The Morgan fingerprint density at radius 1 is 1.33 bits per heavy atom. The summed E-state index contributed by atoms with van der Waals surface area (Å²) in [5.41, 5.74) is 2.14. The molecule has 3 nitrogen and oxygen atoms in total. The second-order valence-corrected chi connectivity index (χ2v) is 5.64. The van der Waals surface area contributed by atoms with Crippen LogP contribution in [0.1, 0.15) is 58.2 Å². The van der Waals surface area contributed by atoms with Crippen molar-refractivity contribution in [2.75, 3.05) is 7.05 Å². The van der Waals surface area contributed by atoms with Crippen molar-refractivity contribution in [3.05, 3.63) is 23.4 Å². The summed E-state index contributed by atoms with van der Waals surface area (Å²) in [6.45, 7) is 11.5. The van der Waals surface area contributed by atoms with Gasteiger partial charge in [0.1, 0.15) is 5.60 Å². The molecular formula is C15H26N2O. The fourth-order valence-electron chi connectivity index (χ4n) is 1.59. The average molecular weight is 250 g/mol. The van der Waals surface area contributed by atoms with Crippen molar-refractivity contribution in [2.24, 2.45) is 0 Å². The highest BCUT2D eigenvalue weighted by Crippen LogP contribution is 2.23. The summed E-state index contributed by atoms with van der Waals surface area (Å²) < 4.78 is 5.99. The molecule has 1 heterocycles. The quantitative estimate of drug-likeness (QED) is 0.839. The summed E-state index contributed by atoms with van der Waals surface area (Å²) in [6, 6.07) is 4.17. The first-order valence-corrected chi connectivity index (χ1v) is 6.72. The van der Waals surface area contributed by atoms with Gasteiger partial charge in [0.25, 0.3) is 0 Å². The van der Waals surface area contributed by atoms with Crippen molar-refractivity contribution in [3.63, 3.8) is 0 Å². The van der Waals surface area contributed by atoms with Crippen molar-refractivity contribution in [1.82, 2.24) is 10.3 Å². The Hall–Kier alpha value is -1.09. The number of ether oxygens (including phenoxy) is 1. The van der Waals surface area contributed by atoms with Crippen LogP contribution >= 0.6 is 0 Å². The van der Waals surface area contributed by atoms with Crippen molar-refractivity contribution in [1.29, 1.82) is 0 Å². The summed E-state index contributed by atoms with van der Waals surface area (Å²) in [5.74, 6) is 1.15. The lowest BCUT2D eigenvalue weighted by atomic mass is 10.1. The lowest BCUT2D eigenvalue weighted by Crippen LogP contribution is -2.27. The molecule has 1 rings (SSSR count). The van der Waals surface area contributed by atoms with E-state index in [0.717, 1.165) is 24.5 Å². The standard InChI is InChI=1S/C15H26N2O/c1-7-15(4,5)18-14-9-12(10-16-6)8-13(17-14)11(2)3/h8-9,11,16H,7,10H2,1-6H3. The molecule has 0 aliphatic carbocycles. The first kappa shape index (κ1) is 15.0. The monoisotopic (exact) mass is 250 g/mol. The predicted octanol–water partition coefficient (Wildman–Crippen LogP) is 3.49. The van der Waals surface area contributed by atoms with E-state index in [1.165, 1.54) is 5.56 Å². The van der Waals surface area contributed by atoms with Gasteiger partial charge in [0.2, 0.25) is 5.88 Å². The second kappa shape index (κ2) is 6.19. The Labute approximate surface area is 111 Å². The largest absolute Gasteiger partial charge is 0.472 e. The van der Waals surface area contributed by atoms with E-state index >= 15 is 0 Å². The molecule has 0 unspecified atom stereocenters. The molecule has 0 saturated carbocycles. The zero-order valence-electron chi connectivity index (χ0n) is 12.5. The maximum absolute atomic E-state index is 5.99. The van der Waals surface area contributed by atoms with E-state index in [4.69, 9.17) is 4.74 Å². The third kappa shape index (κ3) is 4.30. The van der Waals surface area contributed by atoms with Gasteiger partial charge in [-0.3, -0.25) is 0 Å². The van der Waals surface area contributed by atoms with Gasteiger partial charge >= 0.3 is 0 Å². The number of hydrogen-bond donors (Lipinski definition) is 1. The van der Waals surface area contributed by atoms with Crippen LogP contribution in [0.4, 0.5) is 0 Å². The van der Waals surface area contributed by atoms with Crippen molar-refractivity contribution in [2.45, 2.75) is 59.1 Å². The molecule has 18 heavy (non-hydrogen) atoms. The molecule has 1 aromatic heterocycles. The van der Waals surface area contributed by atoms with Gasteiger partial charge in [-0.25, -0.2) is 4.98 Å². The van der Waals surface area contributed by atoms with Gasteiger partial charge in [-0.05, 0) is 44.9 Å². The van der Waals surface area contributed by atoms with Crippen LogP contribution in [0.2, 0.25) is 0 Å². The van der Waals surface area contributed by atoms with Crippen LogP contribution in [0, 0.1) is 0 Å². The van der Waals surface area contributed by atoms with Crippen molar-refractivity contribution >= 4 is 0 Å². The number of aromatic nitrogens is 1. The molecule has 102 valence electrons. The van der Waals surface area contributed by atoms with Crippen LogP contribution in [0.25, 0.3) is 0 Å². The molecule has 0 spiro atoms. The summed E-state index contributed by atoms with van der Waals surface area (Å²) in [7, 11) is 1.95. The number of rotatable bonds is 6. The van der Waals surface area contributed by atoms with Crippen LogP contribution in [0.5, 0.6) is 5.88 Å². The highest BCUT2D eigenvalue weighted by molar-refractivity contribution is 5.27. The number of nitrogens with zero attached hydrogens (tertiary/aromatic N) is 1. The predicted molar refractivity (Wildman–Crippen MR) is 76.1 cm³/mol. The highest BCUT2D eigenvalue weighted by Gasteiger charge is 2.18. The van der Waals surface area contributed by atoms with Crippen molar-refractivity contribution in [3.8, 4) is 5.88 Å². The zero-order valence-corrected chi connectivity index (χ0v) is 12.5. The normalized spacial score (nSPS) is 11.9. The van der Waals surface area contributed by atoms with Gasteiger partial charge in [-0.15, -0.1) is 0 Å². The highest BCUT2D eigenvalue weighted by atomic mass is 16.5. The first-order chi connectivity index (χ1) is 8.38. The van der Waals surface area contributed by atoms with Gasteiger partial charge in [-0.2, -0.15) is 0 Å². The Morgan fingerprint density at radius 3 is 2.50 bits per heavy atom. The van der Waals surface area contributed by atoms with Gasteiger partial charge in [0.15, 0.2) is 0 Å². The van der Waals surface area contributed by atoms with E-state index in [1.807, 2.05) is 13.1 Å². The zero-order chi connectivity index (χ0) is 13.8. The third-order valence-corrected chi connectivity index (χ3v) is 3.09. The fourth-order valence-corrected chi connectivity index (χ4v) is 1.59. The molecule has 0 fully saturated rings. The van der Waals surface area contributed by atoms with E-state index in [0.29, 0.717) is 5.92 Å². The van der Waals surface area contributed by atoms with Gasteiger partial charge in [0.05, 0.1) is 0 Å². The lowest BCUT2D eigenvalue weighted by Gasteiger charge is -2.25. The van der Waals surface area contributed by atoms with Crippen LogP contribution in [0.3, 0.4) is 0 Å². The minimum Gasteiger partial charge on any atom is -0.472 e. The maximum Gasteiger partial charge on any atom is 0.214 e. The Balaban J connectivity index is 3.03. The van der Waals surface area contributed by atoms with E-state index in [9.17, 15) is 0 Å². The van der Waals surface area contributed by atoms with Gasteiger partial charge < -0.3 is 10.1 Å². The van der Waals surface area contributed by atoms with Crippen LogP contribution < -0.4 is 10.1 Å². The van der Waals surface area contributed by atoms with Crippen LogP contribution in [-0.4, -0.2) is 17.6 Å². The van der Waals surface area contributed by atoms with E-state index in [1.54, 1.807) is 0 Å². The second-order valence-electron chi connectivity index (χ2n) is 5.64. The molecule has 0 amide bonds. The number of pyridine rings is 1. The molecule has 0 radical (unpaired) electrons. The Morgan fingerprint density at radius 2 is 2.00 bits per heavy atom. The molecule has 0 aliphatic heterocycles. The van der Waals surface area contributed by atoms with Crippen LogP contribution in [0.15, 0.2) is 12.1 Å². The molecule has 0 aromatic carbocycles. The molecule has 0 bridgehead atoms. The van der Waals surface area contributed by atoms with E-state index in [-0.39, 0.29) is 5.60 Å². The summed E-state index contributed by atoms with van der Waals surface area (Å²) in [5, 5.41) is 3.17.